The van der Waals surface area contributed by atoms with E-state index in [1.807, 2.05) is 30.3 Å². The summed E-state index contributed by atoms with van der Waals surface area (Å²) >= 11 is 0. The smallest absolute Gasteiger partial charge is 0.241 e. The molecule has 0 saturated carbocycles. The van der Waals surface area contributed by atoms with Crippen LogP contribution in [0, 0.1) is 0 Å². The quantitative estimate of drug-likeness (QED) is 0.940. The van der Waals surface area contributed by atoms with Crippen LogP contribution in [0.3, 0.4) is 0 Å². The molecule has 5 heteroatoms. The maximum absolute atomic E-state index is 12.4. The predicted molar refractivity (Wildman–Crippen MR) is 78.1 cm³/mol. The van der Waals surface area contributed by atoms with Gasteiger partial charge in [-0.2, -0.15) is 0 Å². The lowest BCUT2D eigenvalue weighted by Crippen LogP contribution is -2.31. The van der Waals surface area contributed by atoms with Gasteiger partial charge in [0.2, 0.25) is 10.0 Å². The van der Waals surface area contributed by atoms with Crippen molar-refractivity contribution in [1.29, 1.82) is 0 Å². The van der Waals surface area contributed by atoms with Crippen LogP contribution >= 0.6 is 0 Å². The van der Waals surface area contributed by atoms with Gasteiger partial charge in [0.25, 0.3) is 0 Å². The fourth-order valence-electron chi connectivity index (χ4n) is 2.52. The highest BCUT2D eigenvalue weighted by Gasteiger charge is 2.21. The van der Waals surface area contributed by atoms with Crippen molar-refractivity contribution >= 4 is 20.8 Å². The summed E-state index contributed by atoms with van der Waals surface area (Å²) in [4.78, 5) is 0.327. The minimum absolute atomic E-state index is 0.000230. The molecule has 0 spiro atoms. The van der Waals surface area contributed by atoms with Gasteiger partial charge >= 0.3 is 0 Å². The summed E-state index contributed by atoms with van der Waals surface area (Å²) in [6.07, 6.45) is 1.92. The number of ether oxygens (including phenoxy) is 1. The Kier molecular flexibility index (Phi) is 3.74. The number of fused-ring (bicyclic) bond motifs is 1. The van der Waals surface area contributed by atoms with Crippen molar-refractivity contribution in [3.8, 4) is 0 Å². The largest absolute Gasteiger partial charge is 0.377 e. The third-order valence-corrected chi connectivity index (χ3v) is 5.05. The van der Waals surface area contributed by atoms with Crippen molar-refractivity contribution in [3.05, 3.63) is 42.5 Å². The molecule has 0 amide bonds. The van der Waals surface area contributed by atoms with E-state index >= 15 is 0 Å². The van der Waals surface area contributed by atoms with Crippen molar-refractivity contribution in [2.45, 2.75) is 23.8 Å². The lowest BCUT2D eigenvalue weighted by Gasteiger charge is -2.12. The second kappa shape index (κ2) is 5.52. The van der Waals surface area contributed by atoms with Gasteiger partial charge in [-0.3, -0.25) is 0 Å². The first-order valence-electron chi connectivity index (χ1n) is 6.76. The summed E-state index contributed by atoms with van der Waals surface area (Å²) in [7, 11) is -3.50. The van der Waals surface area contributed by atoms with Crippen LogP contribution in [0.15, 0.2) is 47.4 Å². The Labute approximate surface area is 118 Å². The fraction of sp³-hybridized carbons (Fsp3) is 0.333. The van der Waals surface area contributed by atoms with Gasteiger partial charge in [-0.25, -0.2) is 13.1 Å². The maximum Gasteiger partial charge on any atom is 0.241 e. The molecule has 0 unspecified atom stereocenters. The van der Waals surface area contributed by atoms with Crippen molar-refractivity contribution < 1.29 is 13.2 Å². The Morgan fingerprint density at radius 2 is 1.95 bits per heavy atom. The molecule has 0 aromatic heterocycles. The average Bonchev–Trinajstić information content (AvgIpc) is 2.98. The Bertz CT molecular complexity index is 701. The molecule has 1 heterocycles. The Morgan fingerprint density at radius 1 is 1.15 bits per heavy atom. The predicted octanol–water partition coefficient (Wildman–Crippen LogP) is 2.30. The van der Waals surface area contributed by atoms with E-state index in [0.717, 1.165) is 30.2 Å². The van der Waals surface area contributed by atoms with Gasteiger partial charge < -0.3 is 4.74 Å². The Morgan fingerprint density at radius 3 is 2.75 bits per heavy atom. The SMILES string of the molecule is O=S(=O)(NC[C@H]1CCCO1)c1cccc2ccccc12. The van der Waals surface area contributed by atoms with E-state index in [9.17, 15) is 8.42 Å². The van der Waals surface area contributed by atoms with Gasteiger partial charge in [-0.15, -0.1) is 0 Å². The molecule has 1 fully saturated rings. The van der Waals surface area contributed by atoms with Gasteiger partial charge in [0, 0.05) is 18.5 Å². The zero-order valence-corrected chi connectivity index (χ0v) is 11.9. The first-order chi connectivity index (χ1) is 9.67. The van der Waals surface area contributed by atoms with Crippen LogP contribution in [-0.4, -0.2) is 27.7 Å². The summed E-state index contributed by atoms with van der Waals surface area (Å²) in [5, 5.41) is 1.67. The van der Waals surface area contributed by atoms with Crippen molar-refractivity contribution in [1.82, 2.24) is 4.72 Å². The molecule has 3 rings (SSSR count). The van der Waals surface area contributed by atoms with Crippen LogP contribution in [0.4, 0.5) is 0 Å². The number of sulfonamides is 1. The third-order valence-electron chi connectivity index (χ3n) is 3.56. The number of rotatable bonds is 4. The molecule has 1 N–H and O–H groups in total. The molecule has 1 aliphatic rings. The van der Waals surface area contributed by atoms with Crippen LogP contribution in [0.5, 0.6) is 0 Å². The van der Waals surface area contributed by atoms with Gasteiger partial charge in [0.1, 0.15) is 0 Å². The molecule has 2 aromatic carbocycles. The van der Waals surface area contributed by atoms with Crippen LogP contribution < -0.4 is 4.72 Å². The van der Waals surface area contributed by atoms with Crippen LogP contribution in [0.1, 0.15) is 12.8 Å². The van der Waals surface area contributed by atoms with Gasteiger partial charge in [0.15, 0.2) is 0 Å². The summed E-state index contributed by atoms with van der Waals surface area (Å²) in [5.41, 5.74) is 0. The number of hydrogen-bond donors (Lipinski definition) is 1. The molecule has 0 bridgehead atoms. The molecule has 1 saturated heterocycles. The fourth-order valence-corrected chi connectivity index (χ4v) is 3.81. The molecule has 106 valence electrons. The van der Waals surface area contributed by atoms with E-state index in [0.29, 0.717) is 11.4 Å². The molecule has 0 aliphatic carbocycles. The van der Waals surface area contributed by atoms with Crippen molar-refractivity contribution in [3.63, 3.8) is 0 Å². The minimum atomic E-state index is -3.50. The summed E-state index contributed by atoms with van der Waals surface area (Å²) in [6.45, 7) is 1.06. The van der Waals surface area contributed by atoms with Crippen molar-refractivity contribution in [2.24, 2.45) is 0 Å². The first kappa shape index (κ1) is 13.5. The highest BCUT2D eigenvalue weighted by atomic mass is 32.2. The third kappa shape index (κ3) is 2.70. The standard InChI is InChI=1S/C15H17NO3S/c17-20(18,16-11-13-7-4-10-19-13)15-9-3-6-12-5-1-2-8-14(12)15/h1-3,5-6,8-9,13,16H,4,7,10-11H2/t13-/m1/s1. The number of benzene rings is 2. The molecule has 1 atom stereocenters. The molecule has 0 radical (unpaired) electrons. The normalized spacial score (nSPS) is 19.5. The molecular formula is C15H17NO3S. The second-order valence-corrected chi connectivity index (χ2v) is 6.70. The molecule has 2 aromatic rings. The summed E-state index contributed by atoms with van der Waals surface area (Å²) in [6, 6.07) is 12.8. The molecular weight excluding hydrogens is 274 g/mol. The van der Waals surface area contributed by atoms with Crippen LogP contribution in [0.25, 0.3) is 10.8 Å². The van der Waals surface area contributed by atoms with Crippen LogP contribution in [0.2, 0.25) is 0 Å². The van der Waals surface area contributed by atoms with E-state index in [1.165, 1.54) is 0 Å². The molecule has 4 nitrogen and oxygen atoms in total. The van der Waals surface area contributed by atoms with E-state index in [4.69, 9.17) is 4.74 Å². The zero-order valence-electron chi connectivity index (χ0n) is 11.1. The van der Waals surface area contributed by atoms with Crippen molar-refractivity contribution in [2.75, 3.05) is 13.2 Å². The minimum Gasteiger partial charge on any atom is -0.377 e. The average molecular weight is 291 g/mol. The van der Waals surface area contributed by atoms with Gasteiger partial charge in [0.05, 0.1) is 11.0 Å². The highest BCUT2D eigenvalue weighted by molar-refractivity contribution is 7.89. The van der Waals surface area contributed by atoms with Gasteiger partial charge in [-0.1, -0.05) is 36.4 Å². The molecule has 20 heavy (non-hydrogen) atoms. The Hall–Kier alpha value is -1.43. The molecule has 1 aliphatic heterocycles. The van der Waals surface area contributed by atoms with Crippen LogP contribution in [-0.2, 0) is 14.8 Å². The monoisotopic (exact) mass is 291 g/mol. The highest BCUT2D eigenvalue weighted by Crippen LogP contribution is 2.22. The Balaban J connectivity index is 1.88. The van der Waals surface area contributed by atoms with Gasteiger partial charge in [-0.05, 0) is 24.3 Å². The summed E-state index contributed by atoms with van der Waals surface area (Å²) < 4.78 is 33.0. The van der Waals surface area contributed by atoms with E-state index < -0.39 is 10.0 Å². The lowest BCUT2D eigenvalue weighted by molar-refractivity contribution is 0.114. The maximum atomic E-state index is 12.4. The first-order valence-corrected chi connectivity index (χ1v) is 8.24. The van der Waals surface area contributed by atoms with E-state index in [1.54, 1.807) is 12.1 Å². The topological polar surface area (TPSA) is 55.4 Å². The zero-order chi connectivity index (χ0) is 14.0. The number of nitrogens with one attached hydrogen (secondary N) is 1. The van der Waals surface area contributed by atoms with E-state index in [-0.39, 0.29) is 6.10 Å². The number of hydrogen-bond acceptors (Lipinski definition) is 3. The lowest BCUT2D eigenvalue weighted by atomic mass is 10.1. The summed E-state index contributed by atoms with van der Waals surface area (Å²) in [5.74, 6) is 0. The second-order valence-electron chi connectivity index (χ2n) is 4.96. The van der Waals surface area contributed by atoms with E-state index in [2.05, 4.69) is 4.72 Å².